The maximum absolute atomic E-state index is 11.6. The first-order valence-corrected chi connectivity index (χ1v) is 10.2. The van der Waals surface area contributed by atoms with Gasteiger partial charge in [-0.15, -0.1) is 0 Å². The molecule has 1 amide bonds. The number of carbonyl (C=O) groups is 1. The van der Waals surface area contributed by atoms with E-state index in [1.807, 2.05) is 12.1 Å². The highest BCUT2D eigenvalue weighted by atomic mass is 127. The molecule has 0 spiro atoms. The minimum Gasteiger partial charge on any atom is -0.366 e. The number of para-hydroxylation sites is 1. The van der Waals surface area contributed by atoms with Crippen LogP contribution < -0.4 is 10.6 Å². The SMILES string of the molecule is NC(=O)c1cccc2nc(N3CCN(CCc4ccc(I)cc4)CC3)[nH]c12. The highest BCUT2D eigenvalue weighted by Gasteiger charge is 2.20. The first-order chi connectivity index (χ1) is 13.1. The summed E-state index contributed by atoms with van der Waals surface area (Å²) in [5, 5.41) is 0. The van der Waals surface area contributed by atoms with Crippen LogP contribution in [-0.2, 0) is 6.42 Å². The van der Waals surface area contributed by atoms with Crippen molar-refractivity contribution in [1.82, 2.24) is 14.9 Å². The Morgan fingerprint density at radius 1 is 1.11 bits per heavy atom. The number of nitrogens with one attached hydrogen (secondary N) is 1. The summed E-state index contributed by atoms with van der Waals surface area (Å²) in [5.74, 6) is 0.382. The number of piperazine rings is 1. The summed E-state index contributed by atoms with van der Waals surface area (Å²) in [7, 11) is 0. The van der Waals surface area contributed by atoms with Crippen molar-refractivity contribution in [3.63, 3.8) is 0 Å². The van der Waals surface area contributed by atoms with E-state index in [1.165, 1.54) is 9.13 Å². The number of H-pyrrole nitrogens is 1. The van der Waals surface area contributed by atoms with Crippen LogP contribution in [0.5, 0.6) is 0 Å². The van der Waals surface area contributed by atoms with Gasteiger partial charge in [-0.25, -0.2) is 4.98 Å². The number of nitrogens with zero attached hydrogens (tertiary/aromatic N) is 3. The van der Waals surface area contributed by atoms with E-state index >= 15 is 0 Å². The van der Waals surface area contributed by atoms with Gasteiger partial charge < -0.3 is 15.6 Å². The van der Waals surface area contributed by atoms with Crippen LogP contribution in [0.15, 0.2) is 42.5 Å². The van der Waals surface area contributed by atoms with Gasteiger partial charge in [-0.05, 0) is 58.8 Å². The first kappa shape index (κ1) is 18.2. The molecular weight excluding hydrogens is 453 g/mol. The van der Waals surface area contributed by atoms with Crippen LogP contribution in [-0.4, -0.2) is 53.5 Å². The molecule has 0 bridgehead atoms. The maximum Gasteiger partial charge on any atom is 0.250 e. The van der Waals surface area contributed by atoms with Gasteiger partial charge in [-0.3, -0.25) is 9.69 Å². The number of halogens is 1. The quantitative estimate of drug-likeness (QED) is 0.557. The molecule has 1 fully saturated rings. The van der Waals surface area contributed by atoms with Crippen LogP contribution >= 0.6 is 22.6 Å². The molecule has 1 saturated heterocycles. The molecule has 7 heteroatoms. The number of hydrogen-bond acceptors (Lipinski definition) is 4. The molecule has 3 aromatic rings. The molecule has 3 N–H and O–H groups in total. The number of amides is 1. The van der Waals surface area contributed by atoms with Crippen LogP contribution in [0.2, 0.25) is 0 Å². The van der Waals surface area contributed by atoms with E-state index in [9.17, 15) is 4.79 Å². The smallest absolute Gasteiger partial charge is 0.250 e. The molecule has 140 valence electrons. The van der Waals surface area contributed by atoms with E-state index in [0.717, 1.165) is 56.1 Å². The van der Waals surface area contributed by atoms with E-state index in [0.29, 0.717) is 5.56 Å². The number of hydrogen-bond donors (Lipinski definition) is 2. The molecule has 4 rings (SSSR count). The normalized spacial score (nSPS) is 15.4. The van der Waals surface area contributed by atoms with Crippen molar-refractivity contribution < 1.29 is 4.79 Å². The molecule has 0 aliphatic carbocycles. The zero-order chi connectivity index (χ0) is 18.8. The van der Waals surface area contributed by atoms with Crippen LogP contribution in [0.3, 0.4) is 0 Å². The Balaban J connectivity index is 1.37. The average molecular weight is 475 g/mol. The Kier molecular flexibility index (Phi) is 5.31. The summed E-state index contributed by atoms with van der Waals surface area (Å²) in [5.41, 5.74) is 8.84. The molecular formula is C20H22IN5O. The van der Waals surface area contributed by atoms with E-state index < -0.39 is 5.91 Å². The molecule has 1 aromatic heterocycles. The Hall–Kier alpha value is -2.13. The minimum atomic E-state index is -0.434. The van der Waals surface area contributed by atoms with Crippen molar-refractivity contribution in [1.29, 1.82) is 0 Å². The van der Waals surface area contributed by atoms with Crippen molar-refractivity contribution in [2.24, 2.45) is 5.73 Å². The molecule has 1 aliphatic heterocycles. The van der Waals surface area contributed by atoms with Crippen LogP contribution in [0.25, 0.3) is 11.0 Å². The summed E-state index contributed by atoms with van der Waals surface area (Å²) in [4.78, 5) is 24.3. The zero-order valence-electron chi connectivity index (χ0n) is 15.0. The van der Waals surface area contributed by atoms with Crippen LogP contribution in [0.1, 0.15) is 15.9 Å². The summed E-state index contributed by atoms with van der Waals surface area (Å²) < 4.78 is 1.27. The Labute approximate surface area is 171 Å². The largest absolute Gasteiger partial charge is 0.366 e. The van der Waals surface area contributed by atoms with Crippen molar-refractivity contribution in [2.75, 3.05) is 37.6 Å². The van der Waals surface area contributed by atoms with Crippen molar-refractivity contribution in [3.05, 3.63) is 57.2 Å². The second-order valence-electron chi connectivity index (χ2n) is 6.83. The Morgan fingerprint density at radius 2 is 1.85 bits per heavy atom. The number of carbonyl (C=O) groups excluding carboxylic acids is 1. The second kappa shape index (κ2) is 7.85. The van der Waals surface area contributed by atoms with Crippen LogP contribution in [0, 0.1) is 3.57 Å². The number of aromatic amines is 1. The summed E-state index contributed by atoms with van der Waals surface area (Å²) in [6, 6.07) is 14.2. The van der Waals surface area contributed by atoms with E-state index in [4.69, 9.17) is 5.73 Å². The minimum absolute atomic E-state index is 0.434. The predicted octanol–water partition coefficient (Wildman–Crippen LogP) is 2.63. The van der Waals surface area contributed by atoms with Gasteiger partial charge in [-0.2, -0.15) is 0 Å². The number of nitrogens with two attached hydrogens (primary N) is 1. The monoisotopic (exact) mass is 475 g/mol. The lowest BCUT2D eigenvalue weighted by Gasteiger charge is -2.34. The lowest BCUT2D eigenvalue weighted by molar-refractivity contribution is 0.100. The molecule has 2 aromatic carbocycles. The third-order valence-corrected chi connectivity index (χ3v) is 5.79. The van der Waals surface area contributed by atoms with Gasteiger partial charge in [-0.1, -0.05) is 18.2 Å². The number of primary amides is 1. The fourth-order valence-electron chi connectivity index (χ4n) is 3.50. The molecule has 1 aliphatic rings. The molecule has 2 heterocycles. The van der Waals surface area contributed by atoms with Crippen molar-refractivity contribution in [2.45, 2.75) is 6.42 Å². The van der Waals surface area contributed by atoms with Crippen molar-refractivity contribution >= 4 is 45.5 Å². The predicted molar refractivity (Wildman–Crippen MR) is 116 cm³/mol. The fraction of sp³-hybridized carbons (Fsp3) is 0.300. The summed E-state index contributed by atoms with van der Waals surface area (Å²) in [6.45, 7) is 4.91. The average Bonchev–Trinajstić information content (AvgIpc) is 3.12. The van der Waals surface area contributed by atoms with Crippen molar-refractivity contribution in [3.8, 4) is 0 Å². The molecule has 6 nitrogen and oxygen atoms in total. The molecule has 0 atom stereocenters. The van der Waals surface area contributed by atoms with E-state index in [1.54, 1.807) is 6.07 Å². The number of anilines is 1. The lowest BCUT2D eigenvalue weighted by atomic mass is 10.1. The van der Waals surface area contributed by atoms with Gasteiger partial charge in [0.1, 0.15) is 0 Å². The first-order valence-electron chi connectivity index (χ1n) is 9.10. The highest BCUT2D eigenvalue weighted by Crippen LogP contribution is 2.21. The van der Waals surface area contributed by atoms with Gasteiger partial charge in [0.15, 0.2) is 0 Å². The van der Waals surface area contributed by atoms with Gasteiger partial charge in [0, 0.05) is 36.3 Å². The number of rotatable bonds is 5. The molecule has 0 saturated carbocycles. The van der Waals surface area contributed by atoms with Gasteiger partial charge in [0.2, 0.25) is 5.95 Å². The highest BCUT2D eigenvalue weighted by molar-refractivity contribution is 14.1. The zero-order valence-corrected chi connectivity index (χ0v) is 17.1. The number of imidazole rings is 1. The standard InChI is InChI=1S/C20H22IN5O/c21-15-6-4-14(5-7-15)8-9-25-10-12-26(13-11-25)20-23-17-3-1-2-16(19(22)27)18(17)24-20/h1-7H,8-13H2,(H2,22,27)(H,23,24). The third kappa shape index (κ3) is 4.08. The maximum atomic E-state index is 11.6. The summed E-state index contributed by atoms with van der Waals surface area (Å²) >= 11 is 2.34. The molecule has 27 heavy (non-hydrogen) atoms. The van der Waals surface area contributed by atoms with Crippen LogP contribution in [0.4, 0.5) is 5.95 Å². The van der Waals surface area contributed by atoms with Gasteiger partial charge in [0.05, 0.1) is 16.6 Å². The molecule has 0 radical (unpaired) electrons. The lowest BCUT2D eigenvalue weighted by Crippen LogP contribution is -2.47. The fourth-order valence-corrected chi connectivity index (χ4v) is 3.85. The van der Waals surface area contributed by atoms with E-state index in [-0.39, 0.29) is 0 Å². The van der Waals surface area contributed by atoms with Gasteiger partial charge >= 0.3 is 0 Å². The van der Waals surface area contributed by atoms with E-state index in [2.05, 4.69) is 66.6 Å². The topological polar surface area (TPSA) is 78.2 Å². The Morgan fingerprint density at radius 3 is 2.56 bits per heavy atom. The second-order valence-corrected chi connectivity index (χ2v) is 8.08. The number of aromatic nitrogens is 2. The summed E-state index contributed by atoms with van der Waals surface area (Å²) in [6.07, 6.45) is 1.07. The number of fused-ring (bicyclic) bond motifs is 1. The number of benzene rings is 2. The van der Waals surface area contributed by atoms with Gasteiger partial charge in [0.25, 0.3) is 5.91 Å². The third-order valence-electron chi connectivity index (χ3n) is 5.07. The Bertz CT molecular complexity index is 945. The molecule has 0 unspecified atom stereocenters.